The Labute approximate surface area is 197 Å². The summed E-state index contributed by atoms with van der Waals surface area (Å²) in [7, 11) is 0. The van der Waals surface area contributed by atoms with Crippen LogP contribution >= 0.6 is 0 Å². The number of rotatable bonds is 5. The van der Waals surface area contributed by atoms with Crippen LogP contribution in [0.15, 0.2) is 97.2 Å². The lowest BCUT2D eigenvalue weighted by Gasteiger charge is -2.34. The summed E-state index contributed by atoms with van der Waals surface area (Å²) in [5.74, 6) is -0.761. The third kappa shape index (κ3) is 4.26. The Morgan fingerprint density at radius 1 is 0.882 bits per heavy atom. The Morgan fingerprint density at radius 3 is 2.24 bits per heavy atom. The van der Waals surface area contributed by atoms with Gasteiger partial charge in [-0.05, 0) is 29.3 Å². The van der Waals surface area contributed by atoms with Crippen LogP contribution < -0.4 is 5.73 Å². The molecule has 0 radical (unpaired) electrons. The molecule has 1 aromatic heterocycles. The van der Waals surface area contributed by atoms with E-state index in [2.05, 4.69) is 0 Å². The quantitative estimate of drug-likeness (QED) is 0.469. The SMILES string of the molecule is NC(=O)C1Cc2ccccc2CN1C(=O)C=Cc1cn(-c2ccccc2)nc1-c1ccccc1. The summed E-state index contributed by atoms with van der Waals surface area (Å²) >= 11 is 0. The molecule has 3 aromatic carbocycles. The van der Waals surface area contributed by atoms with E-state index in [1.54, 1.807) is 15.7 Å². The summed E-state index contributed by atoms with van der Waals surface area (Å²) in [5.41, 5.74) is 11.2. The molecule has 168 valence electrons. The average Bonchev–Trinajstić information content (AvgIpc) is 3.32. The molecule has 2 heterocycles. The highest BCUT2D eigenvalue weighted by molar-refractivity contribution is 5.96. The Morgan fingerprint density at radius 2 is 1.53 bits per heavy atom. The molecule has 1 aliphatic rings. The van der Waals surface area contributed by atoms with Crippen LogP contribution in [0.3, 0.4) is 0 Å². The van der Waals surface area contributed by atoms with Gasteiger partial charge in [-0.15, -0.1) is 0 Å². The zero-order valence-electron chi connectivity index (χ0n) is 18.5. The summed E-state index contributed by atoms with van der Waals surface area (Å²) < 4.78 is 1.80. The van der Waals surface area contributed by atoms with Gasteiger partial charge in [0.1, 0.15) is 6.04 Å². The van der Waals surface area contributed by atoms with Crippen molar-refractivity contribution in [1.82, 2.24) is 14.7 Å². The fraction of sp³-hybridized carbons (Fsp3) is 0.107. The van der Waals surface area contributed by atoms with E-state index in [4.69, 9.17) is 10.8 Å². The van der Waals surface area contributed by atoms with Gasteiger partial charge in [-0.2, -0.15) is 5.10 Å². The van der Waals surface area contributed by atoms with Crippen molar-refractivity contribution in [2.24, 2.45) is 5.73 Å². The molecule has 5 rings (SSSR count). The first kappa shape index (κ1) is 21.4. The van der Waals surface area contributed by atoms with Gasteiger partial charge in [0.2, 0.25) is 11.8 Å². The minimum Gasteiger partial charge on any atom is -0.368 e. The predicted molar refractivity (Wildman–Crippen MR) is 132 cm³/mol. The standard InChI is InChI=1S/C28H24N4O2/c29-28(34)25-17-21-11-7-8-12-22(21)18-31(25)26(33)16-15-23-19-32(24-13-5-2-6-14-24)30-27(23)20-9-3-1-4-10-20/h1-16,19,25H,17-18H2,(H2,29,34). The summed E-state index contributed by atoms with van der Waals surface area (Å²) in [5, 5.41) is 4.78. The number of hydrogen-bond donors (Lipinski definition) is 1. The second kappa shape index (κ2) is 9.19. The molecule has 1 aliphatic heterocycles. The van der Waals surface area contributed by atoms with E-state index < -0.39 is 11.9 Å². The number of fused-ring (bicyclic) bond motifs is 1. The first-order valence-electron chi connectivity index (χ1n) is 11.2. The summed E-state index contributed by atoms with van der Waals surface area (Å²) in [6, 6.07) is 26.8. The van der Waals surface area contributed by atoms with Crippen molar-refractivity contribution >= 4 is 17.9 Å². The zero-order valence-corrected chi connectivity index (χ0v) is 18.5. The minimum atomic E-state index is -0.673. The van der Waals surface area contributed by atoms with E-state index in [0.29, 0.717) is 13.0 Å². The molecule has 6 nitrogen and oxygen atoms in total. The maximum atomic E-state index is 13.2. The molecular weight excluding hydrogens is 424 g/mol. The van der Waals surface area contributed by atoms with Crippen molar-refractivity contribution in [3.05, 3.63) is 114 Å². The molecule has 2 amide bonds. The predicted octanol–water partition coefficient (Wildman–Crippen LogP) is 3.99. The number of benzene rings is 3. The zero-order chi connectivity index (χ0) is 23.5. The highest BCUT2D eigenvalue weighted by atomic mass is 16.2. The number of carbonyl (C=O) groups excluding carboxylic acids is 2. The van der Waals surface area contributed by atoms with E-state index in [0.717, 1.165) is 33.6 Å². The van der Waals surface area contributed by atoms with Crippen LogP contribution in [0, 0.1) is 0 Å². The largest absolute Gasteiger partial charge is 0.368 e. The Balaban J connectivity index is 1.48. The van der Waals surface area contributed by atoms with Crippen LogP contribution in [-0.2, 0) is 22.6 Å². The second-order valence-corrected chi connectivity index (χ2v) is 8.27. The fourth-order valence-corrected chi connectivity index (χ4v) is 4.31. The average molecular weight is 449 g/mol. The van der Waals surface area contributed by atoms with Crippen LogP contribution in [0.5, 0.6) is 0 Å². The van der Waals surface area contributed by atoms with Gasteiger partial charge in [0, 0.05) is 36.4 Å². The first-order chi connectivity index (χ1) is 16.6. The second-order valence-electron chi connectivity index (χ2n) is 8.27. The summed E-state index contributed by atoms with van der Waals surface area (Å²) in [4.78, 5) is 26.9. The van der Waals surface area contributed by atoms with E-state index in [-0.39, 0.29) is 5.91 Å². The molecule has 34 heavy (non-hydrogen) atoms. The molecule has 0 saturated heterocycles. The summed E-state index contributed by atoms with van der Waals surface area (Å²) in [6.45, 7) is 0.349. The smallest absolute Gasteiger partial charge is 0.247 e. The van der Waals surface area contributed by atoms with Crippen LogP contribution in [-0.4, -0.2) is 32.5 Å². The molecule has 0 spiro atoms. The van der Waals surface area contributed by atoms with Gasteiger partial charge in [0.25, 0.3) is 0 Å². The van der Waals surface area contributed by atoms with Crippen molar-refractivity contribution in [1.29, 1.82) is 0 Å². The maximum Gasteiger partial charge on any atom is 0.247 e. The van der Waals surface area contributed by atoms with Crippen molar-refractivity contribution in [2.45, 2.75) is 19.0 Å². The van der Waals surface area contributed by atoms with Crippen molar-refractivity contribution in [3.8, 4) is 16.9 Å². The number of hydrogen-bond acceptors (Lipinski definition) is 3. The maximum absolute atomic E-state index is 13.2. The monoisotopic (exact) mass is 448 g/mol. The van der Waals surface area contributed by atoms with E-state index in [1.165, 1.54) is 6.08 Å². The highest BCUT2D eigenvalue weighted by Crippen LogP contribution is 2.26. The molecule has 1 unspecified atom stereocenters. The summed E-state index contributed by atoms with van der Waals surface area (Å²) in [6.07, 6.45) is 5.59. The fourth-order valence-electron chi connectivity index (χ4n) is 4.31. The molecular formula is C28H24N4O2. The molecule has 0 bridgehead atoms. The number of nitrogens with two attached hydrogens (primary N) is 1. The number of primary amides is 1. The van der Waals surface area contributed by atoms with Crippen LogP contribution in [0.2, 0.25) is 0 Å². The number of para-hydroxylation sites is 1. The molecule has 1 atom stereocenters. The van der Waals surface area contributed by atoms with Gasteiger partial charge in [0.15, 0.2) is 0 Å². The van der Waals surface area contributed by atoms with E-state index >= 15 is 0 Å². The van der Waals surface area contributed by atoms with Gasteiger partial charge >= 0.3 is 0 Å². The number of aromatic nitrogens is 2. The third-order valence-corrected chi connectivity index (χ3v) is 6.08. The van der Waals surface area contributed by atoms with Gasteiger partial charge in [-0.3, -0.25) is 9.59 Å². The van der Waals surface area contributed by atoms with Gasteiger partial charge < -0.3 is 10.6 Å². The van der Waals surface area contributed by atoms with E-state index in [1.807, 2.05) is 91.1 Å². The lowest BCUT2D eigenvalue weighted by Crippen LogP contribution is -2.50. The Kier molecular flexibility index (Phi) is 5.79. The third-order valence-electron chi connectivity index (χ3n) is 6.08. The van der Waals surface area contributed by atoms with Crippen molar-refractivity contribution in [2.75, 3.05) is 0 Å². The Hall–Kier alpha value is -4.45. The highest BCUT2D eigenvalue weighted by Gasteiger charge is 2.32. The minimum absolute atomic E-state index is 0.259. The molecule has 0 aliphatic carbocycles. The van der Waals surface area contributed by atoms with Crippen molar-refractivity contribution < 1.29 is 9.59 Å². The lowest BCUT2D eigenvalue weighted by atomic mass is 9.93. The van der Waals surface area contributed by atoms with Crippen LogP contribution in [0.4, 0.5) is 0 Å². The molecule has 0 fully saturated rings. The Bertz CT molecular complexity index is 1360. The van der Waals surface area contributed by atoms with Gasteiger partial charge in [-0.25, -0.2) is 4.68 Å². The molecule has 6 heteroatoms. The van der Waals surface area contributed by atoms with Crippen LogP contribution in [0.1, 0.15) is 16.7 Å². The number of nitrogens with zero attached hydrogens (tertiary/aromatic N) is 3. The first-order valence-corrected chi connectivity index (χ1v) is 11.2. The number of carbonyl (C=O) groups is 2. The van der Waals surface area contributed by atoms with Crippen molar-refractivity contribution in [3.63, 3.8) is 0 Å². The van der Waals surface area contributed by atoms with Gasteiger partial charge in [0.05, 0.1) is 11.4 Å². The van der Waals surface area contributed by atoms with Gasteiger partial charge in [-0.1, -0.05) is 72.8 Å². The van der Waals surface area contributed by atoms with E-state index in [9.17, 15) is 9.59 Å². The molecule has 4 aromatic rings. The molecule has 2 N–H and O–H groups in total. The molecule has 0 saturated carbocycles. The topological polar surface area (TPSA) is 81.2 Å². The van der Waals surface area contributed by atoms with Crippen LogP contribution in [0.25, 0.3) is 23.0 Å². The lowest BCUT2D eigenvalue weighted by molar-refractivity contribution is -0.136. The number of amides is 2. The normalized spacial score (nSPS) is 15.3.